The monoisotopic (exact) mass is 295 g/mol. The maximum absolute atomic E-state index is 13.1. The van der Waals surface area contributed by atoms with Crippen LogP contribution in [-0.2, 0) is 15.6 Å². The van der Waals surface area contributed by atoms with Crippen LogP contribution < -0.4 is 10.5 Å². The van der Waals surface area contributed by atoms with Gasteiger partial charge in [0.15, 0.2) is 9.84 Å². The quantitative estimate of drug-likeness (QED) is 0.879. The van der Waals surface area contributed by atoms with Crippen molar-refractivity contribution in [1.82, 2.24) is 0 Å². The average Bonchev–Trinajstić information content (AvgIpc) is 2.37. The van der Waals surface area contributed by atoms with Crippen molar-refractivity contribution < 1.29 is 17.5 Å². The molecule has 2 rings (SSSR count). The lowest BCUT2D eigenvalue weighted by Crippen LogP contribution is -2.06. The van der Waals surface area contributed by atoms with Gasteiger partial charge >= 0.3 is 0 Å². The lowest BCUT2D eigenvalue weighted by molar-refractivity contribution is 0.414. The molecule has 0 radical (unpaired) electrons. The molecule has 0 amide bonds. The van der Waals surface area contributed by atoms with Gasteiger partial charge in [0, 0.05) is 11.8 Å². The van der Waals surface area contributed by atoms with Gasteiger partial charge in [0.05, 0.1) is 17.8 Å². The van der Waals surface area contributed by atoms with E-state index in [2.05, 4.69) is 0 Å². The first-order chi connectivity index (χ1) is 9.40. The van der Waals surface area contributed by atoms with Gasteiger partial charge in [-0.25, -0.2) is 12.8 Å². The van der Waals surface area contributed by atoms with E-state index < -0.39 is 15.7 Å². The van der Waals surface area contributed by atoms with E-state index in [0.717, 1.165) is 6.07 Å². The van der Waals surface area contributed by atoms with Crippen molar-refractivity contribution >= 4 is 15.5 Å². The normalized spacial score (nSPS) is 11.3. The van der Waals surface area contributed by atoms with Gasteiger partial charge in [0.1, 0.15) is 11.6 Å². The SMILES string of the molecule is COc1cc(N)cc(CS(=O)(=O)c2cccc(F)c2)c1. The van der Waals surface area contributed by atoms with E-state index in [1.807, 2.05) is 0 Å². The maximum Gasteiger partial charge on any atom is 0.182 e. The summed E-state index contributed by atoms with van der Waals surface area (Å²) in [5.41, 5.74) is 6.58. The highest BCUT2D eigenvalue weighted by Crippen LogP contribution is 2.23. The molecule has 0 saturated carbocycles. The molecule has 0 saturated heterocycles. The number of ether oxygens (including phenoxy) is 1. The van der Waals surface area contributed by atoms with E-state index >= 15 is 0 Å². The molecule has 0 unspecified atom stereocenters. The number of anilines is 1. The average molecular weight is 295 g/mol. The van der Waals surface area contributed by atoms with Crippen LogP contribution in [0, 0.1) is 5.82 Å². The summed E-state index contributed by atoms with van der Waals surface area (Å²) in [6.45, 7) is 0. The minimum absolute atomic E-state index is 0.0566. The molecule has 0 fully saturated rings. The second kappa shape index (κ2) is 5.50. The van der Waals surface area contributed by atoms with E-state index in [9.17, 15) is 12.8 Å². The maximum atomic E-state index is 13.1. The molecule has 0 atom stereocenters. The molecule has 2 aromatic carbocycles. The molecule has 106 valence electrons. The molecular formula is C14H14FNO3S. The molecule has 0 aliphatic carbocycles. The summed E-state index contributed by atoms with van der Waals surface area (Å²) in [5, 5.41) is 0. The van der Waals surface area contributed by atoms with Gasteiger partial charge in [-0.1, -0.05) is 6.07 Å². The third-order valence-corrected chi connectivity index (χ3v) is 4.42. The van der Waals surface area contributed by atoms with Gasteiger partial charge in [0.2, 0.25) is 0 Å². The Bertz CT molecular complexity index is 729. The van der Waals surface area contributed by atoms with Gasteiger partial charge in [-0.05, 0) is 35.9 Å². The van der Waals surface area contributed by atoms with Crippen LogP contribution in [0.3, 0.4) is 0 Å². The number of benzene rings is 2. The van der Waals surface area contributed by atoms with Gasteiger partial charge in [0.25, 0.3) is 0 Å². The Balaban J connectivity index is 2.35. The van der Waals surface area contributed by atoms with E-state index in [-0.39, 0.29) is 10.6 Å². The van der Waals surface area contributed by atoms with Crippen LogP contribution in [0.4, 0.5) is 10.1 Å². The van der Waals surface area contributed by atoms with E-state index in [0.29, 0.717) is 17.0 Å². The molecule has 2 aromatic rings. The van der Waals surface area contributed by atoms with Crippen molar-refractivity contribution in [3.05, 3.63) is 53.8 Å². The third kappa shape index (κ3) is 3.27. The smallest absolute Gasteiger partial charge is 0.182 e. The molecule has 0 aliphatic heterocycles. The fraction of sp³-hybridized carbons (Fsp3) is 0.143. The molecule has 6 heteroatoms. The number of sulfone groups is 1. The Morgan fingerprint density at radius 3 is 2.60 bits per heavy atom. The highest BCUT2D eigenvalue weighted by molar-refractivity contribution is 7.90. The molecule has 0 spiro atoms. The largest absolute Gasteiger partial charge is 0.497 e. The number of methoxy groups -OCH3 is 1. The first-order valence-corrected chi connectivity index (χ1v) is 7.48. The predicted molar refractivity (Wildman–Crippen MR) is 74.7 cm³/mol. The molecule has 2 N–H and O–H groups in total. The van der Waals surface area contributed by atoms with Crippen molar-refractivity contribution in [2.75, 3.05) is 12.8 Å². The number of nitrogen functional groups attached to an aromatic ring is 1. The van der Waals surface area contributed by atoms with Gasteiger partial charge in [-0.3, -0.25) is 0 Å². The predicted octanol–water partition coefficient (Wildman–Crippen LogP) is 2.39. The van der Waals surface area contributed by atoms with Crippen molar-refractivity contribution in [3.63, 3.8) is 0 Å². The highest BCUT2D eigenvalue weighted by atomic mass is 32.2. The van der Waals surface area contributed by atoms with Crippen molar-refractivity contribution in [2.45, 2.75) is 10.6 Å². The van der Waals surface area contributed by atoms with Crippen molar-refractivity contribution in [2.24, 2.45) is 0 Å². The minimum Gasteiger partial charge on any atom is -0.497 e. The van der Waals surface area contributed by atoms with E-state index in [1.165, 1.54) is 25.3 Å². The minimum atomic E-state index is -3.63. The fourth-order valence-corrected chi connectivity index (χ4v) is 3.20. The summed E-state index contributed by atoms with van der Waals surface area (Å²) in [7, 11) is -2.16. The molecule has 4 nitrogen and oxygen atoms in total. The van der Waals surface area contributed by atoms with Crippen LogP contribution in [0.25, 0.3) is 0 Å². The van der Waals surface area contributed by atoms with Crippen LogP contribution >= 0.6 is 0 Å². The van der Waals surface area contributed by atoms with Crippen molar-refractivity contribution in [3.8, 4) is 5.75 Å². The van der Waals surface area contributed by atoms with Crippen LogP contribution in [0.5, 0.6) is 5.75 Å². The first kappa shape index (κ1) is 14.3. The highest BCUT2D eigenvalue weighted by Gasteiger charge is 2.16. The Morgan fingerprint density at radius 1 is 1.20 bits per heavy atom. The Morgan fingerprint density at radius 2 is 1.95 bits per heavy atom. The lowest BCUT2D eigenvalue weighted by atomic mass is 10.2. The zero-order valence-corrected chi connectivity index (χ0v) is 11.7. The molecular weight excluding hydrogens is 281 g/mol. The number of halogens is 1. The van der Waals surface area contributed by atoms with Gasteiger partial charge in [-0.2, -0.15) is 0 Å². The van der Waals surface area contributed by atoms with E-state index in [4.69, 9.17) is 10.5 Å². The standard InChI is InChI=1S/C14H14FNO3S/c1-19-13-6-10(5-12(16)8-13)9-20(17,18)14-4-2-3-11(15)7-14/h2-8H,9,16H2,1H3. The number of nitrogens with two attached hydrogens (primary N) is 1. The summed E-state index contributed by atoms with van der Waals surface area (Å²) in [6, 6.07) is 9.66. The van der Waals surface area contributed by atoms with Crippen LogP contribution in [-0.4, -0.2) is 15.5 Å². The summed E-state index contributed by atoms with van der Waals surface area (Å²) in [6.07, 6.45) is 0. The molecule has 20 heavy (non-hydrogen) atoms. The summed E-state index contributed by atoms with van der Waals surface area (Å²) in [4.78, 5) is -0.0566. The zero-order chi connectivity index (χ0) is 14.8. The first-order valence-electron chi connectivity index (χ1n) is 5.82. The molecule has 0 heterocycles. The molecule has 0 aliphatic rings. The number of hydrogen-bond acceptors (Lipinski definition) is 4. The lowest BCUT2D eigenvalue weighted by Gasteiger charge is -2.08. The number of rotatable bonds is 4. The van der Waals surface area contributed by atoms with Crippen molar-refractivity contribution in [1.29, 1.82) is 0 Å². The number of hydrogen-bond donors (Lipinski definition) is 1. The van der Waals surface area contributed by atoms with Gasteiger partial charge < -0.3 is 10.5 Å². The topological polar surface area (TPSA) is 69.4 Å². The van der Waals surface area contributed by atoms with Crippen LogP contribution in [0.1, 0.15) is 5.56 Å². The summed E-state index contributed by atoms with van der Waals surface area (Å²) < 4.78 is 42.6. The second-order valence-corrected chi connectivity index (χ2v) is 6.32. The zero-order valence-electron chi connectivity index (χ0n) is 10.8. The Hall–Kier alpha value is -2.08. The fourth-order valence-electron chi connectivity index (χ4n) is 1.85. The summed E-state index contributed by atoms with van der Waals surface area (Å²) >= 11 is 0. The third-order valence-electron chi connectivity index (χ3n) is 2.74. The molecule has 0 aromatic heterocycles. The molecule has 0 bridgehead atoms. The Labute approximate surface area is 116 Å². The van der Waals surface area contributed by atoms with Crippen LogP contribution in [0.2, 0.25) is 0 Å². The second-order valence-electron chi connectivity index (χ2n) is 4.33. The summed E-state index contributed by atoms with van der Waals surface area (Å²) in [5.74, 6) is -0.372. The van der Waals surface area contributed by atoms with E-state index in [1.54, 1.807) is 18.2 Å². The van der Waals surface area contributed by atoms with Crippen LogP contribution in [0.15, 0.2) is 47.4 Å². The van der Waals surface area contributed by atoms with Gasteiger partial charge in [-0.15, -0.1) is 0 Å². The Kier molecular flexibility index (Phi) is 3.94.